The van der Waals surface area contributed by atoms with Crippen LogP contribution in [0.1, 0.15) is 25.0 Å². The summed E-state index contributed by atoms with van der Waals surface area (Å²) >= 11 is 0. The van der Waals surface area contributed by atoms with Gasteiger partial charge in [-0.15, -0.1) is 0 Å². The van der Waals surface area contributed by atoms with Crippen molar-refractivity contribution in [3.05, 3.63) is 22.1 Å². The number of carbonyl (C=O) groups excluding carboxylic acids is 1. The fourth-order valence-electron chi connectivity index (χ4n) is 3.67. The molecule has 8 nitrogen and oxygen atoms in total. The topological polar surface area (TPSA) is 81.8 Å². The number of hydrogen-bond donors (Lipinski definition) is 1. The summed E-state index contributed by atoms with van der Waals surface area (Å²) in [4.78, 5) is 37.7. The Morgan fingerprint density at radius 1 is 1.38 bits per heavy atom. The molecule has 0 bridgehead atoms. The molecule has 1 aromatic rings. The van der Waals surface area contributed by atoms with Gasteiger partial charge in [-0.1, -0.05) is 0 Å². The second kappa shape index (κ2) is 8.18. The molecule has 0 spiro atoms. The number of likely N-dealkylation sites (tertiary alicyclic amines) is 1. The molecular formula is C18H29N5O3. The average Bonchev–Trinajstić information content (AvgIpc) is 3.11. The molecule has 2 saturated heterocycles. The lowest BCUT2D eigenvalue weighted by Crippen LogP contribution is -2.41. The van der Waals surface area contributed by atoms with E-state index in [0.717, 1.165) is 44.7 Å². The van der Waals surface area contributed by atoms with Crippen LogP contribution in [0, 0.1) is 5.92 Å². The molecular weight excluding hydrogens is 334 g/mol. The Bertz CT molecular complexity index is 684. The maximum Gasteiger partial charge on any atom is 0.252 e. The maximum atomic E-state index is 12.7. The monoisotopic (exact) mass is 363 g/mol. The van der Waals surface area contributed by atoms with Gasteiger partial charge < -0.3 is 14.5 Å². The number of aromatic amines is 1. The first-order valence-corrected chi connectivity index (χ1v) is 9.28. The number of ether oxygens (including phenoxy) is 1. The van der Waals surface area contributed by atoms with Crippen LogP contribution in [-0.2, 0) is 16.1 Å². The summed E-state index contributed by atoms with van der Waals surface area (Å²) < 4.78 is 5.46. The minimum Gasteiger partial charge on any atom is -0.381 e. The molecule has 0 aliphatic carbocycles. The molecule has 1 amide bonds. The van der Waals surface area contributed by atoms with Crippen LogP contribution in [0.5, 0.6) is 0 Å². The molecule has 2 fully saturated rings. The highest BCUT2D eigenvalue weighted by Gasteiger charge is 2.33. The molecule has 0 aromatic carbocycles. The summed E-state index contributed by atoms with van der Waals surface area (Å²) in [5.41, 5.74) is 0.595. The highest BCUT2D eigenvalue weighted by atomic mass is 16.5. The fourth-order valence-corrected chi connectivity index (χ4v) is 3.67. The van der Waals surface area contributed by atoms with E-state index < -0.39 is 0 Å². The van der Waals surface area contributed by atoms with Crippen molar-refractivity contribution in [3.8, 4) is 0 Å². The van der Waals surface area contributed by atoms with Crippen LogP contribution in [0.3, 0.4) is 0 Å². The van der Waals surface area contributed by atoms with E-state index in [1.807, 2.05) is 26.0 Å². The minimum absolute atomic E-state index is 0.0183. The highest BCUT2D eigenvalue weighted by Crippen LogP contribution is 2.22. The van der Waals surface area contributed by atoms with Crippen molar-refractivity contribution in [2.24, 2.45) is 5.92 Å². The molecule has 2 aliphatic heterocycles. The number of carbonyl (C=O) groups is 1. The van der Waals surface area contributed by atoms with Crippen LogP contribution >= 0.6 is 0 Å². The third-order valence-corrected chi connectivity index (χ3v) is 5.23. The Balaban J connectivity index is 1.58. The van der Waals surface area contributed by atoms with E-state index in [0.29, 0.717) is 19.1 Å². The Labute approximate surface area is 154 Å². The van der Waals surface area contributed by atoms with E-state index in [9.17, 15) is 9.59 Å². The zero-order valence-corrected chi connectivity index (χ0v) is 15.9. The Morgan fingerprint density at radius 2 is 2.19 bits per heavy atom. The van der Waals surface area contributed by atoms with Crippen molar-refractivity contribution in [1.82, 2.24) is 19.8 Å². The summed E-state index contributed by atoms with van der Waals surface area (Å²) in [5, 5.41) is 0. The Hall–Kier alpha value is -1.93. The molecule has 0 radical (unpaired) electrons. The predicted molar refractivity (Wildman–Crippen MR) is 99.2 cm³/mol. The number of nitrogens with one attached hydrogen (secondary N) is 1. The molecule has 1 N–H and O–H groups in total. The third kappa shape index (κ3) is 4.42. The lowest BCUT2D eigenvalue weighted by atomic mass is 10.0. The van der Waals surface area contributed by atoms with Crippen molar-refractivity contribution in [3.63, 3.8) is 0 Å². The van der Waals surface area contributed by atoms with Gasteiger partial charge in [0.2, 0.25) is 11.9 Å². The van der Waals surface area contributed by atoms with Gasteiger partial charge in [-0.2, -0.15) is 0 Å². The van der Waals surface area contributed by atoms with Crippen LogP contribution in [0.2, 0.25) is 0 Å². The molecule has 8 heteroatoms. The summed E-state index contributed by atoms with van der Waals surface area (Å²) in [7, 11) is 5.73. The lowest BCUT2D eigenvalue weighted by molar-refractivity contribution is -0.138. The lowest BCUT2D eigenvalue weighted by Gasteiger charge is -2.28. The second-order valence-electron chi connectivity index (χ2n) is 7.51. The number of amides is 1. The number of likely N-dealkylation sites (N-methyl/N-ethyl adjacent to an activating group) is 1. The number of hydrogen-bond acceptors (Lipinski definition) is 6. The zero-order valence-electron chi connectivity index (χ0n) is 15.9. The molecule has 3 heterocycles. The van der Waals surface area contributed by atoms with Crippen molar-refractivity contribution < 1.29 is 9.53 Å². The zero-order chi connectivity index (χ0) is 18.7. The van der Waals surface area contributed by atoms with Crippen LogP contribution in [-0.4, -0.2) is 79.2 Å². The molecule has 1 aromatic heterocycles. The van der Waals surface area contributed by atoms with E-state index in [2.05, 4.69) is 14.9 Å². The number of anilines is 1. The van der Waals surface area contributed by atoms with Crippen molar-refractivity contribution in [2.45, 2.75) is 31.8 Å². The maximum absolute atomic E-state index is 12.7. The Morgan fingerprint density at radius 3 is 2.88 bits per heavy atom. The highest BCUT2D eigenvalue weighted by molar-refractivity contribution is 5.79. The third-order valence-electron chi connectivity index (χ3n) is 5.23. The predicted octanol–water partition coefficient (Wildman–Crippen LogP) is 0.295. The largest absolute Gasteiger partial charge is 0.381 e. The van der Waals surface area contributed by atoms with Gasteiger partial charge in [0.15, 0.2) is 0 Å². The summed E-state index contributed by atoms with van der Waals surface area (Å²) in [5.74, 6) is 0.802. The van der Waals surface area contributed by atoms with Crippen LogP contribution < -0.4 is 10.5 Å². The molecule has 0 saturated carbocycles. The molecule has 2 aliphatic rings. The van der Waals surface area contributed by atoms with Gasteiger partial charge in [0.1, 0.15) is 0 Å². The first-order chi connectivity index (χ1) is 12.4. The molecule has 26 heavy (non-hydrogen) atoms. The van der Waals surface area contributed by atoms with E-state index in [1.165, 1.54) is 0 Å². The van der Waals surface area contributed by atoms with Crippen molar-refractivity contribution in [1.29, 1.82) is 0 Å². The van der Waals surface area contributed by atoms with Crippen LogP contribution in [0.4, 0.5) is 5.95 Å². The van der Waals surface area contributed by atoms with Gasteiger partial charge in [0, 0.05) is 52.4 Å². The summed E-state index contributed by atoms with van der Waals surface area (Å²) in [6.45, 7) is 3.43. The smallest absolute Gasteiger partial charge is 0.252 e. The number of nitrogens with zero attached hydrogens (tertiary/aromatic N) is 4. The number of aromatic nitrogens is 2. The summed E-state index contributed by atoms with van der Waals surface area (Å²) in [6, 6.07) is 1.83. The van der Waals surface area contributed by atoms with Gasteiger partial charge in [0.25, 0.3) is 5.56 Å². The quantitative estimate of drug-likeness (QED) is 0.810. The van der Waals surface area contributed by atoms with E-state index in [4.69, 9.17) is 4.74 Å². The SMILES string of the molecule is CN(C)c1nc(CN(C)[C@@H]2CCN(C(=O)[C@H]3CCCOC3)C2)cc(=O)[nH]1. The first kappa shape index (κ1) is 18.8. The minimum atomic E-state index is -0.146. The van der Waals surface area contributed by atoms with E-state index in [-0.39, 0.29) is 23.4 Å². The van der Waals surface area contributed by atoms with Gasteiger partial charge in [-0.25, -0.2) is 4.98 Å². The van der Waals surface area contributed by atoms with Gasteiger partial charge in [-0.05, 0) is 26.3 Å². The first-order valence-electron chi connectivity index (χ1n) is 9.28. The Kier molecular flexibility index (Phi) is 5.93. The standard InChI is InChI=1S/C18H29N5O3/c1-21(2)18-19-14(9-16(24)20-18)10-22(3)15-6-7-23(11-15)17(25)13-5-4-8-26-12-13/h9,13,15H,4-8,10-12H2,1-3H3,(H,19,20,24)/t13-,15+/m0/s1. The average molecular weight is 363 g/mol. The van der Waals surface area contributed by atoms with Crippen LogP contribution in [0.15, 0.2) is 10.9 Å². The van der Waals surface area contributed by atoms with Crippen molar-refractivity contribution in [2.75, 3.05) is 52.3 Å². The normalized spacial score (nSPS) is 23.5. The van der Waals surface area contributed by atoms with E-state index >= 15 is 0 Å². The van der Waals surface area contributed by atoms with Gasteiger partial charge >= 0.3 is 0 Å². The van der Waals surface area contributed by atoms with Gasteiger partial charge in [-0.3, -0.25) is 19.5 Å². The molecule has 3 rings (SSSR count). The van der Waals surface area contributed by atoms with Crippen molar-refractivity contribution >= 4 is 11.9 Å². The molecule has 2 atom stereocenters. The number of H-pyrrole nitrogens is 1. The van der Waals surface area contributed by atoms with Gasteiger partial charge in [0.05, 0.1) is 18.2 Å². The number of rotatable bonds is 5. The van der Waals surface area contributed by atoms with E-state index in [1.54, 1.807) is 11.0 Å². The second-order valence-corrected chi connectivity index (χ2v) is 7.51. The molecule has 144 valence electrons. The molecule has 0 unspecified atom stereocenters. The fraction of sp³-hybridized carbons (Fsp3) is 0.722. The summed E-state index contributed by atoms with van der Waals surface area (Å²) in [6.07, 6.45) is 2.84. The van der Waals surface area contributed by atoms with Crippen LogP contribution in [0.25, 0.3) is 0 Å².